The minimum absolute atomic E-state index is 0.0551. The zero-order valence-corrected chi connectivity index (χ0v) is 13.8. The van der Waals surface area contributed by atoms with Gasteiger partial charge in [-0.3, -0.25) is 0 Å². The molecule has 0 fully saturated rings. The molecule has 0 aliphatic rings. The van der Waals surface area contributed by atoms with E-state index in [4.69, 9.17) is 14.2 Å². The molecule has 3 nitrogen and oxygen atoms in total. The fourth-order valence-electron chi connectivity index (χ4n) is 2.41. The summed E-state index contributed by atoms with van der Waals surface area (Å²) in [6.07, 6.45) is 1.26. The third-order valence-electron chi connectivity index (χ3n) is 3.49. The highest BCUT2D eigenvalue weighted by Gasteiger charge is 2.39. The van der Waals surface area contributed by atoms with E-state index in [0.29, 0.717) is 32.7 Å². The zero-order chi connectivity index (χ0) is 16.6. The minimum Gasteiger partial charge on any atom is -0.328 e. The first-order chi connectivity index (χ1) is 10.5. The van der Waals surface area contributed by atoms with Gasteiger partial charge in [-0.2, -0.15) is 0 Å². The molecule has 22 heavy (non-hydrogen) atoms. The zero-order valence-electron chi connectivity index (χ0n) is 13.8. The van der Waals surface area contributed by atoms with Crippen molar-refractivity contribution in [1.82, 2.24) is 0 Å². The molecular weight excluding hydrogens is 290 g/mol. The van der Waals surface area contributed by atoms with Crippen LogP contribution in [0.3, 0.4) is 0 Å². The Bertz CT molecular complexity index is 435. The fourth-order valence-corrected chi connectivity index (χ4v) is 2.41. The molecule has 1 rings (SSSR count). The van der Waals surface area contributed by atoms with Gasteiger partial charge in [0.2, 0.25) is 0 Å². The van der Waals surface area contributed by atoms with Crippen LogP contribution < -0.4 is 0 Å². The molecule has 0 aliphatic heterocycles. The van der Waals surface area contributed by atoms with Crippen LogP contribution >= 0.6 is 0 Å². The van der Waals surface area contributed by atoms with E-state index in [9.17, 15) is 8.78 Å². The first kappa shape index (κ1) is 19.0. The predicted octanol–water partition coefficient (Wildman–Crippen LogP) is 4.30. The Balaban J connectivity index is 2.76. The smallest absolute Gasteiger partial charge is 0.285 e. The van der Waals surface area contributed by atoms with Gasteiger partial charge in [-0.25, -0.2) is 8.78 Å². The van der Waals surface area contributed by atoms with Gasteiger partial charge in [0.15, 0.2) is 11.6 Å². The summed E-state index contributed by atoms with van der Waals surface area (Å²) in [4.78, 5) is 0. The van der Waals surface area contributed by atoms with E-state index in [1.54, 1.807) is 6.07 Å². The second kappa shape index (κ2) is 9.18. The summed E-state index contributed by atoms with van der Waals surface area (Å²) in [6, 6.07) is 3.97. The van der Waals surface area contributed by atoms with E-state index in [0.717, 1.165) is 11.6 Å². The van der Waals surface area contributed by atoms with Gasteiger partial charge in [-0.05, 0) is 51.3 Å². The summed E-state index contributed by atoms with van der Waals surface area (Å²) in [7, 11) is 0. The minimum atomic E-state index is -1.09. The van der Waals surface area contributed by atoms with Crippen molar-refractivity contribution in [3.63, 3.8) is 0 Å². The van der Waals surface area contributed by atoms with Crippen LogP contribution in [0.1, 0.15) is 39.7 Å². The van der Waals surface area contributed by atoms with Crippen LogP contribution in [-0.2, 0) is 20.6 Å². The van der Waals surface area contributed by atoms with E-state index in [1.165, 1.54) is 6.07 Å². The molecule has 0 saturated carbocycles. The van der Waals surface area contributed by atoms with Crippen molar-refractivity contribution in [2.45, 2.75) is 46.5 Å². The lowest BCUT2D eigenvalue weighted by atomic mass is 9.98. The average Bonchev–Trinajstić information content (AvgIpc) is 2.48. The van der Waals surface area contributed by atoms with Crippen molar-refractivity contribution in [1.29, 1.82) is 0 Å². The van der Waals surface area contributed by atoms with Crippen LogP contribution in [0.2, 0.25) is 0 Å². The quantitative estimate of drug-likeness (QED) is 0.602. The van der Waals surface area contributed by atoms with Gasteiger partial charge in [0.25, 0.3) is 5.97 Å². The van der Waals surface area contributed by atoms with Gasteiger partial charge >= 0.3 is 0 Å². The summed E-state index contributed by atoms with van der Waals surface area (Å²) in [5.74, 6) is -2.79. The number of ether oxygens (including phenoxy) is 3. The average molecular weight is 316 g/mol. The van der Waals surface area contributed by atoms with E-state index >= 15 is 0 Å². The number of hydrogen-bond donors (Lipinski definition) is 0. The molecule has 0 aromatic heterocycles. The molecule has 0 aliphatic carbocycles. The predicted molar refractivity (Wildman–Crippen MR) is 81.5 cm³/mol. The second-order valence-electron chi connectivity index (χ2n) is 5.09. The topological polar surface area (TPSA) is 27.7 Å². The van der Waals surface area contributed by atoms with Crippen LogP contribution in [0.5, 0.6) is 0 Å². The van der Waals surface area contributed by atoms with Crippen LogP contribution in [0.4, 0.5) is 8.78 Å². The Labute approximate surface area is 131 Å². The molecule has 0 radical (unpaired) electrons. The summed E-state index contributed by atoms with van der Waals surface area (Å²) in [5.41, 5.74) is 0.740. The van der Waals surface area contributed by atoms with Gasteiger partial charge in [0.1, 0.15) is 0 Å². The first-order valence-corrected chi connectivity index (χ1v) is 7.84. The normalized spacial score (nSPS) is 13.4. The van der Waals surface area contributed by atoms with E-state index in [1.807, 2.05) is 27.7 Å². The Morgan fingerprint density at radius 1 is 0.955 bits per heavy atom. The molecule has 126 valence electrons. The molecule has 1 aromatic carbocycles. The molecular formula is C17H26F2O3. The van der Waals surface area contributed by atoms with Crippen molar-refractivity contribution in [2.24, 2.45) is 5.92 Å². The Hall–Kier alpha value is -1.04. The van der Waals surface area contributed by atoms with Crippen LogP contribution in [0, 0.1) is 17.6 Å². The SMILES string of the molecule is CCOC(OCC)(OCC)C(C)CCc1ccc(F)c(F)c1. The monoisotopic (exact) mass is 316 g/mol. The van der Waals surface area contributed by atoms with Gasteiger partial charge in [0, 0.05) is 25.7 Å². The molecule has 5 heteroatoms. The van der Waals surface area contributed by atoms with Crippen molar-refractivity contribution < 1.29 is 23.0 Å². The van der Waals surface area contributed by atoms with Crippen molar-refractivity contribution >= 4 is 0 Å². The molecule has 0 amide bonds. The fraction of sp³-hybridized carbons (Fsp3) is 0.647. The third kappa shape index (κ3) is 5.00. The van der Waals surface area contributed by atoms with Crippen LogP contribution in [0.25, 0.3) is 0 Å². The first-order valence-electron chi connectivity index (χ1n) is 7.84. The third-order valence-corrected chi connectivity index (χ3v) is 3.49. The molecule has 1 unspecified atom stereocenters. The van der Waals surface area contributed by atoms with Crippen LogP contribution in [-0.4, -0.2) is 25.8 Å². The van der Waals surface area contributed by atoms with Crippen molar-refractivity contribution in [3.05, 3.63) is 35.4 Å². The lowest BCUT2D eigenvalue weighted by Gasteiger charge is -2.37. The van der Waals surface area contributed by atoms with E-state index in [-0.39, 0.29) is 5.92 Å². The lowest BCUT2D eigenvalue weighted by molar-refractivity contribution is -0.400. The molecule has 0 spiro atoms. The summed E-state index contributed by atoms with van der Waals surface area (Å²) >= 11 is 0. The Morgan fingerprint density at radius 2 is 1.50 bits per heavy atom. The largest absolute Gasteiger partial charge is 0.328 e. The number of rotatable bonds is 10. The molecule has 1 aromatic rings. The number of benzene rings is 1. The number of aryl methyl sites for hydroxylation is 1. The number of hydrogen-bond acceptors (Lipinski definition) is 3. The molecule has 0 saturated heterocycles. The summed E-state index contributed by atoms with van der Waals surface area (Å²) in [6.45, 7) is 9.03. The Morgan fingerprint density at radius 3 is 1.95 bits per heavy atom. The molecule has 0 heterocycles. The van der Waals surface area contributed by atoms with Crippen LogP contribution in [0.15, 0.2) is 18.2 Å². The lowest BCUT2D eigenvalue weighted by Crippen LogP contribution is -2.45. The highest BCUT2D eigenvalue weighted by atomic mass is 19.2. The second-order valence-corrected chi connectivity index (χ2v) is 5.09. The van der Waals surface area contributed by atoms with Gasteiger partial charge in [0.05, 0.1) is 0 Å². The standard InChI is InChI=1S/C17H26F2O3/c1-5-20-17(21-6-2,22-7-3)13(4)8-9-14-10-11-15(18)16(19)12-14/h10-13H,5-9H2,1-4H3. The highest BCUT2D eigenvalue weighted by Crippen LogP contribution is 2.29. The van der Waals surface area contributed by atoms with Crippen molar-refractivity contribution in [3.8, 4) is 0 Å². The van der Waals surface area contributed by atoms with Gasteiger partial charge in [-0.1, -0.05) is 13.0 Å². The molecule has 0 N–H and O–H groups in total. The van der Waals surface area contributed by atoms with E-state index < -0.39 is 17.6 Å². The highest BCUT2D eigenvalue weighted by molar-refractivity contribution is 5.17. The maximum Gasteiger partial charge on any atom is 0.285 e. The molecule has 0 bridgehead atoms. The maximum atomic E-state index is 13.3. The van der Waals surface area contributed by atoms with Gasteiger partial charge < -0.3 is 14.2 Å². The van der Waals surface area contributed by atoms with Crippen molar-refractivity contribution in [2.75, 3.05) is 19.8 Å². The maximum absolute atomic E-state index is 13.3. The summed E-state index contributed by atoms with van der Waals surface area (Å²) in [5, 5.41) is 0. The van der Waals surface area contributed by atoms with Gasteiger partial charge in [-0.15, -0.1) is 0 Å². The number of halogens is 2. The summed E-state index contributed by atoms with van der Waals surface area (Å²) < 4.78 is 43.4. The Kier molecular flexibility index (Phi) is 7.93. The van der Waals surface area contributed by atoms with E-state index in [2.05, 4.69) is 0 Å². The molecule has 1 atom stereocenters.